The normalized spacial score (nSPS) is 15.1. The van der Waals surface area contributed by atoms with Crippen molar-refractivity contribution in [1.29, 1.82) is 0 Å². The number of nitrogens with zero attached hydrogens (tertiary/aromatic N) is 2. The molecule has 0 saturated heterocycles. The third-order valence-corrected chi connectivity index (χ3v) is 2.64. The highest BCUT2D eigenvalue weighted by Crippen LogP contribution is 2.39. The van der Waals surface area contributed by atoms with Gasteiger partial charge in [-0.2, -0.15) is 4.98 Å². The molecule has 1 saturated carbocycles. The summed E-state index contributed by atoms with van der Waals surface area (Å²) in [6, 6.07) is 0. The van der Waals surface area contributed by atoms with Gasteiger partial charge in [0.1, 0.15) is 11.6 Å². The second-order valence-corrected chi connectivity index (χ2v) is 4.09. The van der Waals surface area contributed by atoms with Gasteiger partial charge in [0, 0.05) is 13.0 Å². The van der Waals surface area contributed by atoms with E-state index < -0.39 is 13.0 Å². The average molecular weight is 243 g/mol. The van der Waals surface area contributed by atoms with Gasteiger partial charge in [-0.25, -0.2) is 13.8 Å². The van der Waals surface area contributed by atoms with E-state index in [9.17, 15) is 8.78 Å². The van der Waals surface area contributed by atoms with Crippen LogP contribution in [0.4, 0.5) is 14.6 Å². The topological polar surface area (TPSA) is 47.0 Å². The lowest BCUT2D eigenvalue weighted by molar-refractivity contribution is 0.0790. The molecule has 0 aromatic carbocycles. The van der Waals surface area contributed by atoms with Crippen molar-refractivity contribution >= 4 is 5.82 Å². The van der Waals surface area contributed by atoms with Gasteiger partial charge in [-0.3, -0.25) is 0 Å². The SMILES string of the molecule is CNc1nc(C2CC2)nc(OCC(F)F)c1C. The summed E-state index contributed by atoms with van der Waals surface area (Å²) in [5, 5.41) is 2.93. The molecular weight excluding hydrogens is 228 g/mol. The zero-order valence-corrected chi connectivity index (χ0v) is 9.83. The average Bonchev–Trinajstić information content (AvgIpc) is 3.11. The lowest BCUT2D eigenvalue weighted by atomic mass is 10.3. The van der Waals surface area contributed by atoms with Crippen LogP contribution in [0.15, 0.2) is 0 Å². The second-order valence-electron chi connectivity index (χ2n) is 4.09. The molecule has 1 aromatic rings. The molecule has 1 N–H and O–H groups in total. The number of alkyl halides is 2. The van der Waals surface area contributed by atoms with Gasteiger partial charge in [0.05, 0.1) is 5.56 Å². The van der Waals surface area contributed by atoms with Gasteiger partial charge in [-0.15, -0.1) is 0 Å². The van der Waals surface area contributed by atoms with Gasteiger partial charge < -0.3 is 10.1 Å². The van der Waals surface area contributed by atoms with Gasteiger partial charge in [0.15, 0.2) is 6.61 Å². The van der Waals surface area contributed by atoms with Gasteiger partial charge in [0.2, 0.25) is 5.88 Å². The van der Waals surface area contributed by atoms with E-state index in [1.165, 1.54) is 0 Å². The molecule has 1 aliphatic rings. The Morgan fingerprint density at radius 3 is 2.65 bits per heavy atom. The molecular formula is C11H15F2N3O. The molecule has 1 heterocycles. The molecule has 0 aliphatic heterocycles. The van der Waals surface area contributed by atoms with Crippen molar-refractivity contribution in [3.63, 3.8) is 0 Å². The van der Waals surface area contributed by atoms with Crippen LogP contribution < -0.4 is 10.1 Å². The van der Waals surface area contributed by atoms with E-state index >= 15 is 0 Å². The van der Waals surface area contributed by atoms with Crippen molar-refractivity contribution in [3.05, 3.63) is 11.4 Å². The van der Waals surface area contributed by atoms with E-state index in [1.807, 2.05) is 0 Å². The molecule has 1 fully saturated rings. The first-order valence-electron chi connectivity index (χ1n) is 5.59. The zero-order chi connectivity index (χ0) is 12.4. The Balaban J connectivity index is 2.24. The standard InChI is InChI=1S/C11H15F2N3O/c1-6-9(14-2)15-10(7-3-4-7)16-11(6)17-5-8(12)13/h7-8H,3-5H2,1-2H3,(H,14,15,16). The molecule has 0 atom stereocenters. The van der Waals surface area contributed by atoms with Crippen molar-refractivity contribution in [2.75, 3.05) is 19.0 Å². The lowest BCUT2D eigenvalue weighted by Crippen LogP contribution is -2.12. The van der Waals surface area contributed by atoms with Crippen LogP contribution in [0.5, 0.6) is 5.88 Å². The number of hydrogen-bond donors (Lipinski definition) is 1. The molecule has 17 heavy (non-hydrogen) atoms. The predicted molar refractivity (Wildman–Crippen MR) is 59.8 cm³/mol. The maximum Gasteiger partial charge on any atom is 0.272 e. The van der Waals surface area contributed by atoms with E-state index in [0.29, 0.717) is 23.1 Å². The summed E-state index contributed by atoms with van der Waals surface area (Å²) in [7, 11) is 1.74. The predicted octanol–water partition coefficient (Wildman–Crippen LogP) is 2.35. The molecule has 0 spiro atoms. The monoisotopic (exact) mass is 243 g/mol. The van der Waals surface area contributed by atoms with Crippen LogP contribution in [0.1, 0.15) is 30.1 Å². The molecule has 6 heteroatoms. The Hall–Kier alpha value is -1.46. The Morgan fingerprint density at radius 2 is 2.12 bits per heavy atom. The molecule has 0 radical (unpaired) electrons. The number of rotatable bonds is 5. The quantitative estimate of drug-likeness (QED) is 0.862. The number of anilines is 1. The maximum absolute atomic E-state index is 12.1. The molecule has 0 bridgehead atoms. The van der Waals surface area contributed by atoms with Crippen molar-refractivity contribution in [1.82, 2.24) is 9.97 Å². The summed E-state index contributed by atoms with van der Waals surface area (Å²) in [5.41, 5.74) is 0.664. The molecule has 1 aromatic heterocycles. The summed E-state index contributed by atoms with van der Waals surface area (Å²) in [4.78, 5) is 8.56. The van der Waals surface area contributed by atoms with Crippen molar-refractivity contribution in [2.45, 2.75) is 32.1 Å². The summed E-state index contributed by atoms with van der Waals surface area (Å²) >= 11 is 0. The molecule has 2 rings (SSSR count). The van der Waals surface area contributed by atoms with Crippen LogP contribution >= 0.6 is 0 Å². The van der Waals surface area contributed by atoms with Crippen LogP contribution in [0.25, 0.3) is 0 Å². The van der Waals surface area contributed by atoms with Crippen LogP contribution in [-0.2, 0) is 0 Å². The molecule has 94 valence electrons. The second kappa shape index (κ2) is 4.81. The van der Waals surface area contributed by atoms with E-state index in [0.717, 1.165) is 12.8 Å². The number of aromatic nitrogens is 2. The molecule has 0 unspecified atom stereocenters. The number of nitrogens with one attached hydrogen (secondary N) is 1. The number of ether oxygens (including phenoxy) is 1. The summed E-state index contributed by atoms with van der Waals surface area (Å²) in [6.45, 7) is 1.12. The maximum atomic E-state index is 12.1. The highest BCUT2D eigenvalue weighted by molar-refractivity contribution is 5.48. The van der Waals surface area contributed by atoms with Crippen LogP contribution in [0, 0.1) is 6.92 Å². The summed E-state index contributed by atoms with van der Waals surface area (Å²) in [5.74, 6) is 1.94. The van der Waals surface area contributed by atoms with Crippen LogP contribution in [0.3, 0.4) is 0 Å². The Bertz CT molecular complexity index is 408. The van der Waals surface area contributed by atoms with E-state index in [1.54, 1.807) is 14.0 Å². The zero-order valence-electron chi connectivity index (χ0n) is 9.83. The van der Waals surface area contributed by atoms with E-state index in [4.69, 9.17) is 4.74 Å². The van der Waals surface area contributed by atoms with Crippen molar-refractivity contribution in [3.8, 4) is 5.88 Å². The van der Waals surface area contributed by atoms with E-state index in [-0.39, 0.29) is 5.88 Å². The minimum Gasteiger partial charge on any atom is -0.471 e. The third-order valence-electron chi connectivity index (χ3n) is 2.64. The van der Waals surface area contributed by atoms with Gasteiger partial charge >= 0.3 is 0 Å². The Labute approximate surface area is 98.4 Å². The summed E-state index contributed by atoms with van der Waals surface area (Å²) < 4.78 is 29.3. The minimum atomic E-state index is -2.49. The first kappa shape index (κ1) is 12.0. The molecule has 0 amide bonds. The summed E-state index contributed by atoms with van der Waals surface area (Å²) in [6.07, 6.45) is -0.382. The Morgan fingerprint density at radius 1 is 1.41 bits per heavy atom. The highest BCUT2D eigenvalue weighted by atomic mass is 19.3. The highest BCUT2D eigenvalue weighted by Gasteiger charge is 2.28. The van der Waals surface area contributed by atoms with Crippen LogP contribution in [0.2, 0.25) is 0 Å². The molecule has 4 nitrogen and oxygen atoms in total. The minimum absolute atomic E-state index is 0.256. The van der Waals surface area contributed by atoms with Crippen LogP contribution in [-0.4, -0.2) is 30.0 Å². The first-order chi connectivity index (χ1) is 8.11. The molecule has 1 aliphatic carbocycles. The van der Waals surface area contributed by atoms with Crippen molar-refractivity contribution in [2.24, 2.45) is 0 Å². The number of halogens is 2. The number of hydrogen-bond acceptors (Lipinski definition) is 4. The fraction of sp³-hybridized carbons (Fsp3) is 0.636. The largest absolute Gasteiger partial charge is 0.471 e. The first-order valence-corrected chi connectivity index (χ1v) is 5.59. The Kier molecular flexibility index (Phi) is 3.40. The lowest BCUT2D eigenvalue weighted by Gasteiger charge is -2.12. The van der Waals surface area contributed by atoms with Gasteiger partial charge in [0.25, 0.3) is 6.43 Å². The fourth-order valence-electron chi connectivity index (χ4n) is 1.56. The van der Waals surface area contributed by atoms with E-state index in [2.05, 4.69) is 15.3 Å². The van der Waals surface area contributed by atoms with Gasteiger partial charge in [-0.1, -0.05) is 0 Å². The fourth-order valence-corrected chi connectivity index (χ4v) is 1.56. The van der Waals surface area contributed by atoms with Crippen molar-refractivity contribution < 1.29 is 13.5 Å². The smallest absolute Gasteiger partial charge is 0.272 e. The van der Waals surface area contributed by atoms with Gasteiger partial charge in [-0.05, 0) is 19.8 Å². The third kappa shape index (κ3) is 2.81.